The van der Waals surface area contributed by atoms with Crippen LogP contribution in [0.25, 0.3) is 0 Å². The van der Waals surface area contributed by atoms with Crippen molar-refractivity contribution in [3.63, 3.8) is 0 Å². The van der Waals surface area contributed by atoms with Crippen LogP contribution >= 0.6 is 0 Å². The predicted molar refractivity (Wildman–Crippen MR) is 68.3 cm³/mol. The van der Waals surface area contributed by atoms with Gasteiger partial charge in [-0.2, -0.15) is 0 Å². The van der Waals surface area contributed by atoms with Crippen molar-refractivity contribution in [1.82, 2.24) is 0 Å². The number of sulfone groups is 1. The Kier molecular flexibility index (Phi) is 4.13. The van der Waals surface area contributed by atoms with Gasteiger partial charge in [-0.25, -0.2) is 8.42 Å². The molecule has 0 fully saturated rings. The van der Waals surface area contributed by atoms with Gasteiger partial charge >= 0.3 is 5.97 Å². The monoisotopic (exact) mass is 271 g/mol. The van der Waals surface area contributed by atoms with Crippen molar-refractivity contribution in [3.05, 3.63) is 28.8 Å². The van der Waals surface area contributed by atoms with E-state index >= 15 is 0 Å². The van der Waals surface area contributed by atoms with Crippen molar-refractivity contribution >= 4 is 15.8 Å². The van der Waals surface area contributed by atoms with Gasteiger partial charge in [0.15, 0.2) is 9.84 Å². The normalized spacial score (nSPS) is 13.3. The summed E-state index contributed by atoms with van der Waals surface area (Å²) in [6, 6.07) is 2.15. The Morgan fingerprint density at radius 1 is 1.33 bits per heavy atom. The Morgan fingerprint density at radius 3 is 2.28 bits per heavy atom. The highest BCUT2D eigenvalue weighted by Crippen LogP contribution is 2.22. The van der Waals surface area contributed by atoms with Crippen molar-refractivity contribution in [2.45, 2.75) is 31.2 Å². The molecule has 100 valence electrons. The Morgan fingerprint density at radius 2 is 1.83 bits per heavy atom. The summed E-state index contributed by atoms with van der Waals surface area (Å²) >= 11 is 0. The number of aryl methyl sites for hydroxylation is 2. The summed E-state index contributed by atoms with van der Waals surface area (Å²) in [5, 5.41) is 8.79. The molecule has 0 spiro atoms. The Hall–Kier alpha value is -1.40. The zero-order chi connectivity index (χ0) is 14.1. The predicted octanol–water partition coefficient (Wildman–Crippen LogP) is 0.661. The van der Waals surface area contributed by atoms with Gasteiger partial charge in [-0.05, 0) is 43.0 Å². The second kappa shape index (κ2) is 5.07. The molecule has 1 aromatic carbocycles. The van der Waals surface area contributed by atoms with Crippen molar-refractivity contribution in [1.29, 1.82) is 0 Å². The Bertz CT molecular complexity index is 578. The van der Waals surface area contributed by atoms with Crippen LogP contribution in [0.4, 0.5) is 0 Å². The molecule has 0 bridgehead atoms. The van der Waals surface area contributed by atoms with Crippen molar-refractivity contribution in [2.24, 2.45) is 5.73 Å². The molecular formula is C12H17NO4S. The van der Waals surface area contributed by atoms with Gasteiger partial charge in [0, 0.05) is 6.26 Å². The van der Waals surface area contributed by atoms with E-state index in [2.05, 4.69) is 0 Å². The molecule has 0 heterocycles. The molecular weight excluding hydrogens is 254 g/mol. The van der Waals surface area contributed by atoms with Crippen LogP contribution < -0.4 is 5.73 Å². The lowest BCUT2D eigenvalue weighted by molar-refractivity contribution is -0.138. The van der Waals surface area contributed by atoms with E-state index in [0.29, 0.717) is 5.56 Å². The molecule has 5 nitrogen and oxygen atoms in total. The largest absolute Gasteiger partial charge is 0.480 e. The lowest BCUT2D eigenvalue weighted by Gasteiger charge is -2.13. The number of carboxylic acid groups (broad SMARTS) is 1. The van der Waals surface area contributed by atoms with E-state index in [1.54, 1.807) is 12.1 Å². The van der Waals surface area contributed by atoms with Crippen LogP contribution in [0.5, 0.6) is 0 Å². The molecule has 0 aliphatic heterocycles. The lowest BCUT2D eigenvalue weighted by atomic mass is 10.0. The van der Waals surface area contributed by atoms with E-state index in [1.807, 2.05) is 13.8 Å². The highest BCUT2D eigenvalue weighted by atomic mass is 32.2. The fourth-order valence-electron chi connectivity index (χ4n) is 1.68. The van der Waals surface area contributed by atoms with E-state index < -0.39 is 21.8 Å². The van der Waals surface area contributed by atoms with Crippen LogP contribution in [-0.2, 0) is 21.1 Å². The summed E-state index contributed by atoms with van der Waals surface area (Å²) in [4.78, 5) is 10.9. The number of hydrogen-bond acceptors (Lipinski definition) is 4. The van der Waals surface area contributed by atoms with E-state index in [9.17, 15) is 13.2 Å². The minimum absolute atomic E-state index is 0.00113. The molecule has 3 N–H and O–H groups in total. The zero-order valence-electron chi connectivity index (χ0n) is 10.6. The smallest absolute Gasteiger partial charge is 0.320 e. The van der Waals surface area contributed by atoms with Gasteiger partial charge in [0.1, 0.15) is 6.04 Å². The van der Waals surface area contributed by atoms with Gasteiger partial charge in [-0.1, -0.05) is 6.07 Å². The lowest BCUT2D eigenvalue weighted by Crippen LogP contribution is -2.32. The molecule has 0 saturated heterocycles. The summed E-state index contributed by atoms with van der Waals surface area (Å²) in [5.74, 6) is -1.15. The van der Waals surface area contributed by atoms with Crippen molar-refractivity contribution in [3.8, 4) is 0 Å². The van der Waals surface area contributed by atoms with Crippen LogP contribution in [0.1, 0.15) is 16.7 Å². The third kappa shape index (κ3) is 3.30. The van der Waals surface area contributed by atoms with E-state index in [4.69, 9.17) is 10.8 Å². The van der Waals surface area contributed by atoms with Crippen LogP contribution in [-0.4, -0.2) is 31.8 Å². The van der Waals surface area contributed by atoms with E-state index in [0.717, 1.165) is 17.4 Å². The molecule has 6 heteroatoms. The average molecular weight is 271 g/mol. The highest BCUT2D eigenvalue weighted by molar-refractivity contribution is 7.90. The number of carbonyl (C=O) groups is 1. The van der Waals surface area contributed by atoms with E-state index in [-0.39, 0.29) is 11.3 Å². The fourth-order valence-corrected chi connectivity index (χ4v) is 2.69. The molecule has 1 rings (SSSR count). The topological polar surface area (TPSA) is 97.5 Å². The van der Waals surface area contributed by atoms with Crippen LogP contribution in [0.3, 0.4) is 0 Å². The molecule has 0 saturated carbocycles. The first-order chi connectivity index (χ1) is 8.12. The average Bonchev–Trinajstić information content (AvgIpc) is 2.21. The van der Waals surface area contributed by atoms with Gasteiger partial charge in [0.05, 0.1) is 4.90 Å². The third-order valence-corrected chi connectivity index (χ3v) is 4.01. The fraction of sp³-hybridized carbons (Fsp3) is 0.417. The summed E-state index contributed by atoms with van der Waals surface area (Å²) < 4.78 is 23.4. The van der Waals surface area contributed by atoms with Crippen LogP contribution in [0.15, 0.2) is 17.0 Å². The highest BCUT2D eigenvalue weighted by Gasteiger charge is 2.19. The number of hydrogen-bond donors (Lipinski definition) is 2. The minimum Gasteiger partial charge on any atom is -0.480 e. The van der Waals surface area contributed by atoms with Gasteiger partial charge in [0.2, 0.25) is 0 Å². The van der Waals surface area contributed by atoms with Gasteiger partial charge < -0.3 is 10.8 Å². The molecule has 0 aliphatic carbocycles. The Labute approximate surface area is 107 Å². The summed E-state index contributed by atoms with van der Waals surface area (Å²) in [6.07, 6.45) is 1.10. The summed E-state index contributed by atoms with van der Waals surface area (Å²) in [6.45, 7) is 3.65. The number of rotatable bonds is 4. The summed E-state index contributed by atoms with van der Waals surface area (Å²) in [7, 11) is -3.39. The molecule has 0 radical (unpaired) electrons. The Balaban J connectivity index is 3.33. The first kappa shape index (κ1) is 14.7. The van der Waals surface area contributed by atoms with Gasteiger partial charge in [-0.15, -0.1) is 0 Å². The quantitative estimate of drug-likeness (QED) is 0.838. The SMILES string of the molecule is Cc1cc(CC(N)C(=O)O)c(S(C)(=O)=O)cc1C. The number of benzene rings is 1. The number of carboxylic acids is 1. The molecule has 1 aromatic rings. The second-order valence-electron chi connectivity index (χ2n) is 4.47. The maximum atomic E-state index is 11.7. The summed E-state index contributed by atoms with van der Waals surface area (Å²) in [5.41, 5.74) is 7.67. The van der Waals surface area contributed by atoms with Gasteiger partial charge in [-0.3, -0.25) is 4.79 Å². The molecule has 1 atom stereocenters. The van der Waals surface area contributed by atoms with E-state index in [1.165, 1.54) is 0 Å². The number of aliphatic carboxylic acids is 1. The standard InChI is InChI=1S/C12H17NO4S/c1-7-4-9(6-10(13)12(14)15)11(5-8(7)2)18(3,16)17/h4-5,10H,6,13H2,1-3H3,(H,14,15). The first-order valence-corrected chi connectivity index (χ1v) is 7.30. The first-order valence-electron chi connectivity index (χ1n) is 5.41. The molecule has 0 aromatic heterocycles. The minimum atomic E-state index is -3.39. The maximum absolute atomic E-state index is 11.7. The van der Waals surface area contributed by atoms with Crippen LogP contribution in [0.2, 0.25) is 0 Å². The van der Waals surface area contributed by atoms with Crippen LogP contribution in [0, 0.1) is 13.8 Å². The van der Waals surface area contributed by atoms with Gasteiger partial charge in [0.25, 0.3) is 0 Å². The molecule has 18 heavy (non-hydrogen) atoms. The number of nitrogens with two attached hydrogens (primary N) is 1. The van der Waals surface area contributed by atoms with Crippen molar-refractivity contribution < 1.29 is 18.3 Å². The maximum Gasteiger partial charge on any atom is 0.320 e. The second-order valence-corrected chi connectivity index (χ2v) is 6.45. The molecule has 0 amide bonds. The zero-order valence-corrected chi connectivity index (χ0v) is 11.4. The molecule has 1 unspecified atom stereocenters. The van der Waals surface area contributed by atoms with Crippen molar-refractivity contribution in [2.75, 3.05) is 6.26 Å². The third-order valence-electron chi connectivity index (χ3n) is 2.83. The molecule has 0 aliphatic rings.